The van der Waals surface area contributed by atoms with Gasteiger partial charge >= 0.3 is 0 Å². The second kappa shape index (κ2) is 7.04. The second-order valence-electron chi connectivity index (χ2n) is 7.50. The van der Waals surface area contributed by atoms with E-state index in [1.807, 2.05) is 0 Å². The van der Waals surface area contributed by atoms with E-state index in [1.54, 1.807) is 11.3 Å². The zero-order chi connectivity index (χ0) is 14.6. The molecule has 2 nitrogen and oxygen atoms in total. The molecule has 1 aliphatic carbocycles. The first-order valence-corrected chi connectivity index (χ1v) is 8.98. The molecule has 20 heavy (non-hydrogen) atoms. The fourth-order valence-electron chi connectivity index (χ4n) is 3.08. The van der Waals surface area contributed by atoms with Crippen LogP contribution in [0.3, 0.4) is 0 Å². The molecule has 1 heterocycles. The van der Waals surface area contributed by atoms with Gasteiger partial charge in [0.1, 0.15) is 0 Å². The summed E-state index contributed by atoms with van der Waals surface area (Å²) in [5.41, 5.74) is 1.39. The van der Waals surface area contributed by atoms with Crippen molar-refractivity contribution in [1.82, 2.24) is 10.3 Å². The van der Waals surface area contributed by atoms with Crippen LogP contribution in [0.1, 0.15) is 70.5 Å². The molecular formula is C17H30N2S. The molecule has 1 N–H and O–H groups in total. The Morgan fingerprint density at radius 1 is 1.35 bits per heavy atom. The van der Waals surface area contributed by atoms with Gasteiger partial charge in [-0.05, 0) is 31.2 Å². The van der Waals surface area contributed by atoms with Gasteiger partial charge in [0.25, 0.3) is 0 Å². The average molecular weight is 295 g/mol. The summed E-state index contributed by atoms with van der Waals surface area (Å²) in [5.74, 6) is 1.90. The Hall–Kier alpha value is -0.410. The van der Waals surface area contributed by atoms with Crippen molar-refractivity contribution in [3.05, 3.63) is 16.1 Å². The molecule has 2 atom stereocenters. The van der Waals surface area contributed by atoms with Gasteiger partial charge in [-0.15, -0.1) is 11.3 Å². The highest BCUT2D eigenvalue weighted by molar-refractivity contribution is 7.09. The van der Waals surface area contributed by atoms with Gasteiger partial charge in [-0.1, -0.05) is 47.0 Å². The molecule has 0 amide bonds. The Morgan fingerprint density at radius 3 is 2.80 bits per heavy atom. The SMILES string of the molecule is CC1CCCC(CCNCc2csc(C(C)(C)C)n2)C1. The van der Waals surface area contributed by atoms with Crippen LogP contribution in [-0.2, 0) is 12.0 Å². The largest absolute Gasteiger partial charge is 0.311 e. The summed E-state index contributed by atoms with van der Waals surface area (Å²) < 4.78 is 0. The first-order chi connectivity index (χ1) is 9.45. The van der Waals surface area contributed by atoms with Crippen molar-refractivity contribution in [3.63, 3.8) is 0 Å². The lowest BCUT2D eigenvalue weighted by molar-refractivity contribution is 0.267. The maximum Gasteiger partial charge on any atom is 0.0982 e. The quantitative estimate of drug-likeness (QED) is 0.793. The third-order valence-corrected chi connectivity index (χ3v) is 5.59. The number of nitrogens with one attached hydrogen (secondary N) is 1. The average Bonchev–Trinajstić information content (AvgIpc) is 2.83. The standard InChI is InChI=1S/C17H30N2S/c1-13-6-5-7-14(10-13)8-9-18-11-15-12-20-16(19-15)17(2,3)4/h12-14,18H,5-11H2,1-4H3. The first-order valence-electron chi connectivity index (χ1n) is 8.10. The van der Waals surface area contributed by atoms with Crippen LogP contribution in [0.5, 0.6) is 0 Å². The Balaban J connectivity index is 1.67. The van der Waals surface area contributed by atoms with Crippen molar-refractivity contribution in [2.24, 2.45) is 11.8 Å². The molecule has 0 aromatic carbocycles. The molecule has 3 heteroatoms. The fraction of sp³-hybridized carbons (Fsp3) is 0.824. The van der Waals surface area contributed by atoms with E-state index >= 15 is 0 Å². The molecule has 0 radical (unpaired) electrons. The molecule has 0 saturated heterocycles. The lowest BCUT2D eigenvalue weighted by Gasteiger charge is -2.26. The Labute approximate surface area is 128 Å². The Kier molecular flexibility index (Phi) is 5.62. The molecular weight excluding hydrogens is 264 g/mol. The van der Waals surface area contributed by atoms with E-state index in [-0.39, 0.29) is 5.41 Å². The molecule has 114 valence electrons. The summed E-state index contributed by atoms with van der Waals surface area (Å²) in [6, 6.07) is 0. The Morgan fingerprint density at radius 2 is 2.15 bits per heavy atom. The summed E-state index contributed by atoms with van der Waals surface area (Å²) in [5, 5.41) is 7.02. The molecule has 1 fully saturated rings. The van der Waals surface area contributed by atoms with E-state index in [4.69, 9.17) is 4.98 Å². The highest BCUT2D eigenvalue weighted by atomic mass is 32.1. The summed E-state index contributed by atoms with van der Waals surface area (Å²) in [6.45, 7) is 11.2. The van der Waals surface area contributed by atoms with Gasteiger partial charge in [-0.2, -0.15) is 0 Å². The molecule has 2 unspecified atom stereocenters. The van der Waals surface area contributed by atoms with Crippen molar-refractivity contribution in [2.45, 2.75) is 71.8 Å². The van der Waals surface area contributed by atoms with Gasteiger partial charge in [-0.3, -0.25) is 0 Å². The number of nitrogens with zero attached hydrogens (tertiary/aromatic N) is 1. The molecule has 0 bridgehead atoms. The monoisotopic (exact) mass is 294 g/mol. The number of rotatable bonds is 5. The Bertz CT molecular complexity index is 405. The minimum absolute atomic E-state index is 0.182. The van der Waals surface area contributed by atoms with Crippen LogP contribution in [0.2, 0.25) is 0 Å². The predicted octanol–water partition coefficient (Wildman–Crippen LogP) is 4.75. The minimum atomic E-state index is 0.182. The van der Waals surface area contributed by atoms with Crippen LogP contribution in [-0.4, -0.2) is 11.5 Å². The number of thiazole rings is 1. The van der Waals surface area contributed by atoms with Crippen molar-refractivity contribution in [3.8, 4) is 0 Å². The van der Waals surface area contributed by atoms with Gasteiger partial charge < -0.3 is 5.32 Å². The summed E-state index contributed by atoms with van der Waals surface area (Å²) >= 11 is 1.79. The van der Waals surface area contributed by atoms with Crippen LogP contribution in [0.15, 0.2) is 5.38 Å². The molecule has 2 rings (SSSR count). The molecule has 1 aromatic heterocycles. The molecule has 0 aliphatic heterocycles. The number of hydrogen-bond acceptors (Lipinski definition) is 3. The molecule has 1 aromatic rings. The van der Waals surface area contributed by atoms with Gasteiger partial charge in [0, 0.05) is 17.3 Å². The maximum atomic E-state index is 4.73. The van der Waals surface area contributed by atoms with Crippen LogP contribution in [0, 0.1) is 11.8 Å². The van der Waals surface area contributed by atoms with E-state index in [9.17, 15) is 0 Å². The second-order valence-corrected chi connectivity index (χ2v) is 8.36. The lowest BCUT2D eigenvalue weighted by Crippen LogP contribution is -2.21. The van der Waals surface area contributed by atoms with E-state index in [2.05, 4.69) is 38.4 Å². The van der Waals surface area contributed by atoms with Gasteiger partial charge in [0.2, 0.25) is 0 Å². The lowest BCUT2D eigenvalue weighted by atomic mass is 9.81. The summed E-state index contributed by atoms with van der Waals surface area (Å²) in [7, 11) is 0. The van der Waals surface area contributed by atoms with Crippen molar-refractivity contribution in [1.29, 1.82) is 0 Å². The topological polar surface area (TPSA) is 24.9 Å². The third kappa shape index (κ3) is 4.85. The van der Waals surface area contributed by atoms with Crippen molar-refractivity contribution < 1.29 is 0 Å². The first kappa shape index (κ1) is 16.0. The maximum absolute atomic E-state index is 4.73. The van der Waals surface area contributed by atoms with E-state index < -0.39 is 0 Å². The number of hydrogen-bond donors (Lipinski definition) is 1. The van der Waals surface area contributed by atoms with E-state index in [0.29, 0.717) is 0 Å². The number of aromatic nitrogens is 1. The zero-order valence-corrected chi connectivity index (χ0v) is 14.4. The minimum Gasteiger partial charge on any atom is -0.311 e. The van der Waals surface area contributed by atoms with Crippen LogP contribution in [0.4, 0.5) is 0 Å². The predicted molar refractivity (Wildman–Crippen MR) is 88.3 cm³/mol. The van der Waals surface area contributed by atoms with E-state index in [1.165, 1.54) is 42.8 Å². The van der Waals surface area contributed by atoms with Crippen molar-refractivity contribution >= 4 is 11.3 Å². The van der Waals surface area contributed by atoms with Crippen molar-refractivity contribution in [2.75, 3.05) is 6.54 Å². The van der Waals surface area contributed by atoms with Gasteiger partial charge in [-0.25, -0.2) is 4.98 Å². The highest BCUT2D eigenvalue weighted by Gasteiger charge is 2.19. The normalized spacial score (nSPS) is 24.0. The van der Waals surface area contributed by atoms with Gasteiger partial charge in [0.05, 0.1) is 10.7 Å². The summed E-state index contributed by atoms with van der Waals surface area (Å²) in [4.78, 5) is 4.73. The molecule has 1 saturated carbocycles. The zero-order valence-electron chi connectivity index (χ0n) is 13.5. The third-order valence-electron chi connectivity index (χ3n) is 4.27. The van der Waals surface area contributed by atoms with E-state index in [0.717, 1.165) is 24.9 Å². The summed E-state index contributed by atoms with van der Waals surface area (Å²) in [6.07, 6.45) is 7.09. The molecule has 0 spiro atoms. The van der Waals surface area contributed by atoms with Gasteiger partial charge in [0.15, 0.2) is 0 Å². The van der Waals surface area contributed by atoms with Crippen LogP contribution < -0.4 is 5.32 Å². The highest BCUT2D eigenvalue weighted by Crippen LogP contribution is 2.30. The molecule has 1 aliphatic rings. The fourth-order valence-corrected chi connectivity index (χ4v) is 3.98. The van der Waals surface area contributed by atoms with Crippen LogP contribution >= 0.6 is 11.3 Å². The van der Waals surface area contributed by atoms with Crippen LogP contribution in [0.25, 0.3) is 0 Å². The smallest absolute Gasteiger partial charge is 0.0982 e.